The molecule has 1 aliphatic rings. The summed E-state index contributed by atoms with van der Waals surface area (Å²) in [5.74, 6) is -0.242. The summed E-state index contributed by atoms with van der Waals surface area (Å²) in [5, 5.41) is 0. The first kappa shape index (κ1) is 15.8. The Morgan fingerprint density at radius 3 is 2.33 bits per heavy atom. The summed E-state index contributed by atoms with van der Waals surface area (Å²) in [7, 11) is -0.0844. The van der Waals surface area contributed by atoms with Gasteiger partial charge in [0.25, 0.3) is 0 Å². The fraction of sp³-hybridized carbons (Fsp3) is 1.00. The van der Waals surface area contributed by atoms with Crippen molar-refractivity contribution in [2.75, 3.05) is 26.5 Å². The maximum Gasteiger partial charge on any atom is 1.00 e. The van der Waals surface area contributed by atoms with Gasteiger partial charge in [-0.05, 0) is 12.8 Å². The second kappa shape index (κ2) is 5.95. The van der Waals surface area contributed by atoms with Crippen molar-refractivity contribution in [2.24, 2.45) is 0 Å². The third-order valence-electron chi connectivity index (χ3n) is 2.66. The van der Waals surface area contributed by atoms with Crippen LogP contribution >= 0.6 is 0 Å². The van der Waals surface area contributed by atoms with Crippen molar-refractivity contribution in [3.05, 3.63) is 0 Å². The smallest absolute Gasteiger partial charge is 0.748 e. The zero-order valence-electron chi connectivity index (χ0n) is 9.60. The maximum absolute atomic E-state index is 10.3. The van der Waals surface area contributed by atoms with Gasteiger partial charge in [0, 0.05) is 12.2 Å². The topological polar surface area (TPSA) is 66.4 Å². The Balaban J connectivity index is 0.00000196. The second-order valence-electron chi connectivity index (χ2n) is 4.14. The van der Waals surface area contributed by atoms with Crippen LogP contribution < -0.4 is 29.6 Å². The normalized spacial score (nSPS) is 24.1. The molecule has 0 spiro atoms. The summed E-state index contributed by atoms with van der Waals surface area (Å²) in [6.45, 7) is 0.733. The van der Waals surface area contributed by atoms with Crippen molar-refractivity contribution in [3.8, 4) is 0 Å². The van der Waals surface area contributed by atoms with Gasteiger partial charge in [-0.3, -0.25) is 0 Å². The van der Waals surface area contributed by atoms with Gasteiger partial charge in [-0.2, -0.15) is 9.48 Å². The zero-order chi connectivity index (χ0) is 10.8. The predicted molar refractivity (Wildman–Crippen MR) is 50.3 cm³/mol. The molecule has 1 unspecified atom stereocenters. The first-order chi connectivity index (χ1) is 6.31. The van der Waals surface area contributed by atoms with Crippen molar-refractivity contribution < 1.29 is 52.0 Å². The summed E-state index contributed by atoms with van der Waals surface area (Å²) in [5.41, 5.74) is 0. The first-order valence-corrected chi connectivity index (χ1v) is 6.31. The summed E-state index contributed by atoms with van der Waals surface area (Å²) in [6.07, 6.45) is 2.15. The number of quaternary nitrogens is 1. The van der Waals surface area contributed by atoms with Gasteiger partial charge in [0.05, 0.1) is 24.2 Å². The van der Waals surface area contributed by atoms with Crippen LogP contribution in [0.3, 0.4) is 0 Å². The van der Waals surface area contributed by atoms with E-state index in [2.05, 4.69) is 0 Å². The summed E-state index contributed by atoms with van der Waals surface area (Å²) in [6, 6.07) is 0.448. The monoisotopic (exact) mass is 246 g/mol. The van der Waals surface area contributed by atoms with Gasteiger partial charge < -0.3 is 4.55 Å². The molecule has 1 rings (SSSR count). The van der Waals surface area contributed by atoms with Crippen LogP contribution in [0.2, 0.25) is 0 Å². The molecule has 1 fully saturated rings. The van der Waals surface area contributed by atoms with Crippen LogP contribution in [-0.2, 0) is 15.0 Å². The van der Waals surface area contributed by atoms with Gasteiger partial charge >= 0.3 is 29.6 Å². The molecule has 0 aromatic carbocycles. The molecule has 0 amide bonds. The zero-order valence-corrected chi connectivity index (χ0v) is 12.4. The number of likely N-dealkylation sites (N-methyl/N-ethyl adjacent to an activating group) is 1. The van der Waals surface area contributed by atoms with E-state index in [1.807, 2.05) is 14.1 Å². The van der Waals surface area contributed by atoms with Crippen LogP contribution in [0.4, 0.5) is 0 Å². The van der Waals surface area contributed by atoms with E-state index in [9.17, 15) is 13.0 Å². The standard InChI is InChI=1S/C8H17NO4S.Na/c1-9(2)8(7-13-9)5-3-4-6-14(10,11)12;/h8H,3-7H2,1-2H3;/q;+1. The van der Waals surface area contributed by atoms with E-state index >= 15 is 0 Å². The molecule has 0 bridgehead atoms. The molecule has 1 atom stereocenters. The van der Waals surface area contributed by atoms with Crippen LogP contribution in [0.15, 0.2) is 0 Å². The summed E-state index contributed by atoms with van der Waals surface area (Å²) < 4.78 is 31.5. The molecule has 15 heavy (non-hydrogen) atoms. The van der Waals surface area contributed by atoms with Gasteiger partial charge in [-0.25, -0.2) is 8.42 Å². The third-order valence-corrected chi connectivity index (χ3v) is 3.45. The minimum Gasteiger partial charge on any atom is -0.748 e. The van der Waals surface area contributed by atoms with Crippen molar-refractivity contribution >= 4 is 10.1 Å². The van der Waals surface area contributed by atoms with E-state index in [0.717, 1.165) is 19.4 Å². The molecule has 0 radical (unpaired) electrons. The second-order valence-corrected chi connectivity index (χ2v) is 5.66. The molecule has 1 saturated heterocycles. The van der Waals surface area contributed by atoms with E-state index in [-0.39, 0.29) is 35.3 Å². The molecule has 84 valence electrons. The van der Waals surface area contributed by atoms with Crippen molar-refractivity contribution in [1.82, 2.24) is 0 Å². The van der Waals surface area contributed by atoms with Crippen LogP contribution in [0, 0.1) is 0 Å². The molecule has 0 aromatic rings. The number of hydrogen-bond donors (Lipinski definition) is 0. The summed E-state index contributed by atoms with van der Waals surface area (Å²) >= 11 is 0. The maximum atomic E-state index is 10.3. The Kier molecular flexibility index (Phi) is 6.28. The minimum absolute atomic E-state index is 0. The number of rotatable bonds is 5. The average molecular weight is 246 g/mol. The van der Waals surface area contributed by atoms with Crippen molar-refractivity contribution in [3.63, 3.8) is 0 Å². The van der Waals surface area contributed by atoms with Gasteiger partial charge in [0.1, 0.15) is 6.04 Å². The van der Waals surface area contributed by atoms with Gasteiger partial charge in [-0.15, -0.1) is 0 Å². The first-order valence-electron chi connectivity index (χ1n) is 4.73. The van der Waals surface area contributed by atoms with E-state index in [1.165, 1.54) is 0 Å². The molecule has 0 aromatic heterocycles. The molecule has 0 saturated carbocycles. The SMILES string of the molecule is C[N+]1(C)OCC1CCCCS(=O)(=O)[O-].[Na+]. The van der Waals surface area contributed by atoms with Gasteiger partial charge in [0.15, 0.2) is 6.61 Å². The number of unbranched alkanes of at least 4 members (excludes halogenated alkanes) is 1. The fourth-order valence-electron chi connectivity index (χ4n) is 1.53. The van der Waals surface area contributed by atoms with Crippen LogP contribution in [0.5, 0.6) is 0 Å². The molecule has 0 N–H and O–H groups in total. The third kappa shape index (κ3) is 5.63. The fourth-order valence-corrected chi connectivity index (χ4v) is 2.09. The van der Waals surface area contributed by atoms with E-state index < -0.39 is 10.1 Å². The van der Waals surface area contributed by atoms with Crippen molar-refractivity contribution in [2.45, 2.75) is 25.3 Å². The number of nitrogens with zero attached hydrogens (tertiary/aromatic N) is 1. The molecule has 7 heteroatoms. The molecular formula is C8H17NNaO4S+. The predicted octanol–water partition coefficient (Wildman–Crippen LogP) is -2.90. The number of hydroxylamine groups is 3. The number of hydrogen-bond acceptors (Lipinski definition) is 4. The van der Waals surface area contributed by atoms with E-state index in [1.54, 1.807) is 0 Å². The molecule has 5 nitrogen and oxygen atoms in total. The van der Waals surface area contributed by atoms with Crippen LogP contribution in [-0.4, -0.2) is 50.1 Å². The van der Waals surface area contributed by atoms with Crippen LogP contribution in [0.25, 0.3) is 0 Å². The van der Waals surface area contributed by atoms with Crippen LogP contribution in [0.1, 0.15) is 19.3 Å². The quantitative estimate of drug-likeness (QED) is 0.226. The van der Waals surface area contributed by atoms with Gasteiger partial charge in [-0.1, -0.05) is 0 Å². The minimum atomic E-state index is -4.03. The van der Waals surface area contributed by atoms with E-state index in [4.69, 9.17) is 4.84 Å². The Bertz CT molecular complexity index is 291. The van der Waals surface area contributed by atoms with Crippen molar-refractivity contribution in [1.29, 1.82) is 0 Å². The molecule has 1 heterocycles. The largest absolute Gasteiger partial charge is 1.00 e. The Morgan fingerprint density at radius 2 is 2.00 bits per heavy atom. The van der Waals surface area contributed by atoms with Gasteiger partial charge in [0.2, 0.25) is 0 Å². The molecule has 1 aliphatic heterocycles. The molecule has 0 aliphatic carbocycles. The Labute approximate surface area is 113 Å². The Morgan fingerprint density at radius 1 is 1.40 bits per heavy atom. The average Bonchev–Trinajstić information content (AvgIpc) is 2.00. The molecular weight excluding hydrogens is 229 g/mol. The Hall–Kier alpha value is 0.830. The van der Waals surface area contributed by atoms with E-state index in [0.29, 0.717) is 17.1 Å². The summed E-state index contributed by atoms with van der Waals surface area (Å²) in [4.78, 5) is 5.29.